The molecule has 13 heavy (non-hydrogen) atoms. The molecule has 0 radical (unpaired) electrons. The van der Waals surface area contributed by atoms with E-state index >= 15 is 0 Å². The van der Waals surface area contributed by atoms with Gasteiger partial charge in [0.1, 0.15) is 11.5 Å². The molecule has 0 aliphatic carbocycles. The topological polar surface area (TPSA) is 39.2 Å². The third kappa shape index (κ3) is 1.90. The number of carbonyl (C=O) groups excluding carboxylic acids is 1. The number of hydrogen-bond acceptors (Lipinski definition) is 3. The highest BCUT2D eigenvalue weighted by molar-refractivity contribution is 5.87. The molecule has 0 unspecified atom stereocenters. The zero-order chi connectivity index (χ0) is 9.84. The maximum atomic E-state index is 12.9. The van der Waals surface area contributed by atoms with Crippen LogP contribution >= 0.6 is 0 Å². The van der Waals surface area contributed by atoms with E-state index in [2.05, 4.69) is 16.3 Å². The maximum Gasteiger partial charge on any atom is 0.356 e. The number of carbonyl (C=O) groups is 1. The Kier molecular flexibility index (Phi) is 2.74. The maximum absolute atomic E-state index is 12.9. The van der Waals surface area contributed by atoms with Crippen molar-refractivity contribution in [2.75, 3.05) is 7.11 Å². The number of halogens is 1. The molecule has 1 heterocycles. The van der Waals surface area contributed by atoms with Crippen LogP contribution in [0.2, 0.25) is 0 Å². The number of methoxy groups -OCH3 is 1. The normalized spacial score (nSPS) is 9.38. The average molecular weight is 181 g/mol. The Labute approximate surface area is 74.9 Å². The smallest absolute Gasteiger partial charge is 0.356 e. The largest absolute Gasteiger partial charge is 0.464 e. The summed E-state index contributed by atoms with van der Waals surface area (Å²) in [5.41, 5.74) is 0.113. The molecular formula is C9H8FNO2. The number of nitrogens with zero attached hydrogens (tertiary/aromatic N) is 1. The second-order valence-corrected chi connectivity index (χ2v) is 2.26. The van der Waals surface area contributed by atoms with E-state index in [1.54, 1.807) is 0 Å². The van der Waals surface area contributed by atoms with Gasteiger partial charge in [0.2, 0.25) is 0 Å². The Bertz CT molecular complexity index is 349. The van der Waals surface area contributed by atoms with Crippen LogP contribution in [0, 0.1) is 5.82 Å². The Morgan fingerprint density at radius 2 is 2.38 bits per heavy atom. The molecule has 0 aliphatic heterocycles. The van der Waals surface area contributed by atoms with Gasteiger partial charge in [-0.1, -0.05) is 6.58 Å². The molecule has 1 rings (SSSR count). The van der Waals surface area contributed by atoms with Crippen molar-refractivity contribution in [3.63, 3.8) is 0 Å². The molecule has 0 N–H and O–H groups in total. The summed E-state index contributed by atoms with van der Waals surface area (Å²) in [4.78, 5) is 14.6. The van der Waals surface area contributed by atoms with Gasteiger partial charge >= 0.3 is 5.97 Å². The van der Waals surface area contributed by atoms with E-state index in [1.165, 1.54) is 19.3 Å². The molecule has 1 aromatic heterocycles. The Morgan fingerprint density at radius 1 is 1.69 bits per heavy atom. The molecular weight excluding hydrogens is 173 g/mol. The van der Waals surface area contributed by atoms with Crippen molar-refractivity contribution in [2.24, 2.45) is 0 Å². The fourth-order valence-corrected chi connectivity index (χ4v) is 0.819. The van der Waals surface area contributed by atoms with Gasteiger partial charge in [0.05, 0.1) is 12.8 Å². The number of pyridine rings is 1. The highest BCUT2D eigenvalue weighted by Crippen LogP contribution is 2.07. The first-order valence-electron chi connectivity index (χ1n) is 3.56. The Hall–Kier alpha value is -1.71. The lowest BCUT2D eigenvalue weighted by atomic mass is 10.3. The number of ether oxygens (including phenoxy) is 1. The van der Waals surface area contributed by atoms with E-state index in [1.807, 2.05) is 0 Å². The summed E-state index contributed by atoms with van der Waals surface area (Å²) < 4.78 is 17.3. The van der Waals surface area contributed by atoms with Crippen LogP contribution < -0.4 is 0 Å². The Morgan fingerprint density at radius 3 is 2.92 bits per heavy atom. The molecule has 0 aromatic carbocycles. The lowest BCUT2D eigenvalue weighted by Gasteiger charge is -2.00. The van der Waals surface area contributed by atoms with Crippen molar-refractivity contribution in [3.05, 3.63) is 35.9 Å². The van der Waals surface area contributed by atoms with Crippen LogP contribution in [0.3, 0.4) is 0 Å². The minimum Gasteiger partial charge on any atom is -0.464 e. The fourth-order valence-electron chi connectivity index (χ4n) is 0.819. The van der Waals surface area contributed by atoms with Gasteiger partial charge in [0, 0.05) is 0 Å². The van der Waals surface area contributed by atoms with Gasteiger partial charge in [-0.2, -0.15) is 0 Å². The van der Waals surface area contributed by atoms with Crippen LogP contribution in [-0.2, 0) is 4.74 Å². The molecule has 0 fully saturated rings. The molecule has 0 aliphatic rings. The first kappa shape index (κ1) is 9.38. The molecule has 0 bridgehead atoms. The van der Waals surface area contributed by atoms with E-state index in [0.717, 1.165) is 6.07 Å². The molecule has 68 valence electrons. The first-order chi connectivity index (χ1) is 6.19. The minimum atomic E-state index is -0.594. The van der Waals surface area contributed by atoms with Gasteiger partial charge in [-0.3, -0.25) is 0 Å². The van der Waals surface area contributed by atoms with Gasteiger partial charge in [0.15, 0.2) is 0 Å². The molecule has 0 amide bonds. The van der Waals surface area contributed by atoms with Crippen LogP contribution in [0.4, 0.5) is 4.39 Å². The summed E-state index contributed by atoms with van der Waals surface area (Å²) in [6.45, 7) is 3.36. The summed E-state index contributed by atoms with van der Waals surface area (Å²) >= 11 is 0. The van der Waals surface area contributed by atoms with Crippen molar-refractivity contribution < 1.29 is 13.9 Å². The standard InChI is InChI=1S/C9H8FNO2/c1-3-7-6(10)4-5-8(11-7)9(12)13-2/h3-5H,1H2,2H3. The van der Waals surface area contributed by atoms with Crippen LogP contribution in [0.15, 0.2) is 18.7 Å². The summed E-state index contributed by atoms with van der Waals surface area (Å²) in [6.07, 6.45) is 1.24. The predicted molar refractivity (Wildman–Crippen MR) is 45.6 cm³/mol. The van der Waals surface area contributed by atoms with Crippen LogP contribution in [0.5, 0.6) is 0 Å². The van der Waals surface area contributed by atoms with Crippen LogP contribution in [0.25, 0.3) is 6.08 Å². The van der Waals surface area contributed by atoms with Crippen molar-refractivity contribution in [3.8, 4) is 0 Å². The Balaban J connectivity index is 3.13. The van der Waals surface area contributed by atoms with Crippen molar-refractivity contribution in [1.82, 2.24) is 4.98 Å². The van der Waals surface area contributed by atoms with E-state index in [0.29, 0.717) is 0 Å². The van der Waals surface area contributed by atoms with Crippen molar-refractivity contribution >= 4 is 12.0 Å². The highest BCUT2D eigenvalue weighted by Gasteiger charge is 2.09. The van der Waals surface area contributed by atoms with Crippen LogP contribution in [-0.4, -0.2) is 18.1 Å². The lowest BCUT2D eigenvalue weighted by Crippen LogP contribution is -2.05. The minimum absolute atomic E-state index is 0.0444. The first-order valence-corrected chi connectivity index (χ1v) is 3.56. The molecule has 1 aromatic rings. The highest BCUT2D eigenvalue weighted by atomic mass is 19.1. The number of esters is 1. The zero-order valence-electron chi connectivity index (χ0n) is 7.08. The van der Waals surface area contributed by atoms with Crippen LogP contribution in [0.1, 0.15) is 16.2 Å². The zero-order valence-corrected chi connectivity index (χ0v) is 7.08. The van der Waals surface area contributed by atoms with E-state index in [-0.39, 0.29) is 11.4 Å². The summed E-state index contributed by atoms with van der Waals surface area (Å²) in [6, 6.07) is 2.41. The second-order valence-electron chi connectivity index (χ2n) is 2.26. The average Bonchev–Trinajstić information content (AvgIpc) is 2.17. The van der Waals surface area contributed by atoms with Gasteiger partial charge in [-0.25, -0.2) is 14.2 Å². The summed E-state index contributed by atoms with van der Waals surface area (Å²) in [7, 11) is 1.24. The number of hydrogen-bond donors (Lipinski definition) is 0. The number of aromatic nitrogens is 1. The second kappa shape index (κ2) is 3.80. The quantitative estimate of drug-likeness (QED) is 0.651. The summed E-state index contributed by atoms with van der Waals surface area (Å²) in [5.74, 6) is -1.11. The van der Waals surface area contributed by atoms with E-state index in [4.69, 9.17) is 0 Å². The van der Waals surface area contributed by atoms with Gasteiger partial charge < -0.3 is 4.74 Å². The van der Waals surface area contributed by atoms with E-state index in [9.17, 15) is 9.18 Å². The molecule has 0 spiro atoms. The van der Waals surface area contributed by atoms with E-state index < -0.39 is 11.8 Å². The molecule has 0 saturated carbocycles. The molecule has 4 heteroatoms. The van der Waals surface area contributed by atoms with Gasteiger partial charge in [0.25, 0.3) is 0 Å². The van der Waals surface area contributed by atoms with Gasteiger partial charge in [-0.15, -0.1) is 0 Å². The lowest BCUT2D eigenvalue weighted by molar-refractivity contribution is 0.0594. The monoisotopic (exact) mass is 181 g/mol. The molecule has 3 nitrogen and oxygen atoms in total. The SMILES string of the molecule is C=Cc1nc(C(=O)OC)ccc1F. The molecule has 0 atom stereocenters. The number of rotatable bonds is 2. The predicted octanol–water partition coefficient (Wildman–Crippen LogP) is 1.65. The van der Waals surface area contributed by atoms with Crippen molar-refractivity contribution in [2.45, 2.75) is 0 Å². The summed E-state index contributed by atoms with van der Waals surface area (Å²) in [5, 5.41) is 0. The fraction of sp³-hybridized carbons (Fsp3) is 0.111. The van der Waals surface area contributed by atoms with Gasteiger partial charge in [-0.05, 0) is 18.2 Å². The molecule has 0 saturated heterocycles. The third-order valence-corrected chi connectivity index (χ3v) is 1.46. The van der Waals surface area contributed by atoms with Crippen molar-refractivity contribution in [1.29, 1.82) is 0 Å². The third-order valence-electron chi connectivity index (χ3n) is 1.46.